The summed E-state index contributed by atoms with van der Waals surface area (Å²) in [5.74, 6) is 0.843. The number of benzene rings is 1. The van der Waals surface area contributed by atoms with E-state index in [1.165, 1.54) is 24.1 Å². The van der Waals surface area contributed by atoms with Gasteiger partial charge in [0.25, 0.3) is 0 Å². The Morgan fingerprint density at radius 2 is 2.23 bits per heavy atom. The quantitative estimate of drug-likeness (QED) is 0.900. The number of rotatable bonds is 4. The number of amides is 1. The van der Waals surface area contributed by atoms with Gasteiger partial charge < -0.3 is 10.6 Å². The van der Waals surface area contributed by atoms with Gasteiger partial charge in [0.2, 0.25) is 5.91 Å². The minimum absolute atomic E-state index is 0.120. The highest BCUT2D eigenvalue weighted by atomic mass is 32.1. The van der Waals surface area contributed by atoms with E-state index in [1.807, 2.05) is 12.1 Å². The molecule has 1 aromatic heterocycles. The summed E-state index contributed by atoms with van der Waals surface area (Å²) in [4.78, 5) is 16.3. The number of anilines is 2. The molecule has 1 aromatic carbocycles. The lowest BCUT2D eigenvalue weighted by molar-refractivity contribution is -0.116. The molecule has 0 saturated heterocycles. The van der Waals surface area contributed by atoms with E-state index >= 15 is 0 Å². The van der Waals surface area contributed by atoms with Gasteiger partial charge in [0.15, 0.2) is 0 Å². The fraction of sp³-hybridized carbons (Fsp3) is 0.412. The van der Waals surface area contributed by atoms with Crippen molar-refractivity contribution in [2.75, 3.05) is 10.6 Å². The largest absolute Gasteiger partial charge is 0.379 e. The molecule has 0 radical (unpaired) electrons. The monoisotopic (exact) mass is 313 g/mol. The van der Waals surface area contributed by atoms with Crippen LogP contribution in [0.15, 0.2) is 23.6 Å². The van der Waals surface area contributed by atoms with E-state index in [2.05, 4.69) is 22.1 Å². The highest BCUT2D eigenvalue weighted by Gasteiger charge is 2.25. The summed E-state index contributed by atoms with van der Waals surface area (Å²) >= 11 is 1.74. The van der Waals surface area contributed by atoms with Crippen LogP contribution >= 0.6 is 11.3 Å². The van der Waals surface area contributed by atoms with E-state index in [9.17, 15) is 4.79 Å². The Hall–Kier alpha value is -1.88. The van der Waals surface area contributed by atoms with Gasteiger partial charge in [0.1, 0.15) is 5.01 Å². The molecule has 114 valence electrons. The zero-order chi connectivity index (χ0) is 14.9. The normalized spacial score (nSPS) is 17.5. The van der Waals surface area contributed by atoms with Crippen LogP contribution in [0.2, 0.25) is 0 Å². The molecule has 0 bridgehead atoms. The molecule has 1 saturated carbocycles. The molecule has 4 nitrogen and oxygen atoms in total. The minimum atomic E-state index is 0.120. The van der Waals surface area contributed by atoms with Crippen LogP contribution < -0.4 is 10.6 Å². The van der Waals surface area contributed by atoms with E-state index in [-0.39, 0.29) is 5.91 Å². The number of nitrogens with one attached hydrogen (secondary N) is 2. The smallest absolute Gasteiger partial charge is 0.224 e. The molecular formula is C17H19N3OS. The first kappa shape index (κ1) is 13.8. The Labute approximate surface area is 134 Å². The molecule has 2 N–H and O–H groups in total. The standard InChI is InChI=1S/C17H19N3OS/c21-16-3-1-2-12-8-13(6-7-14(12)19-16)18-9-17-20-15(10-22-17)11-4-5-11/h6-8,10-11,18H,1-5,9H2,(H,19,21). The molecule has 22 heavy (non-hydrogen) atoms. The lowest BCUT2D eigenvalue weighted by atomic mass is 10.1. The van der Waals surface area contributed by atoms with Crippen molar-refractivity contribution >= 4 is 28.6 Å². The summed E-state index contributed by atoms with van der Waals surface area (Å²) in [5, 5.41) is 9.76. The van der Waals surface area contributed by atoms with Crippen LogP contribution in [-0.4, -0.2) is 10.9 Å². The second-order valence-electron chi connectivity index (χ2n) is 6.07. The zero-order valence-corrected chi connectivity index (χ0v) is 13.2. The van der Waals surface area contributed by atoms with Gasteiger partial charge in [0, 0.05) is 29.1 Å². The van der Waals surface area contributed by atoms with E-state index in [1.54, 1.807) is 11.3 Å². The van der Waals surface area contributed by atoms with Crippen molar-refractivity contribution in [2.45, 2.75) is 44.6 Å². The summed E-state index contributed by atoms with van der Waals surface area (Å²) in [5.41, 5.74) is 4.54. The van der Waals surface area contributed by atoms with Crippen molar-refractivity contribution < 1.29 is 4.79 Å². The number of aromatic nitrogens is 1. The Morgan fingerprint density at radius 3 is 3.09 bits per heavy atom. The molecule has 5 heteroatoms. The first-order valence-electron chi connectivity index (χ1n) is 7.89. The van der Waals surface area contributed by atoms with Gasteiger partial charge in [-0.3, -0.25) is 4.79 Å². The van der Waals surface area contributed by atoms with Gasteiger partial charge >= 0.3 is 0 Å². The average Bonchev–Trinajstić information content (AvgIpc) is 3.28. The van der Waals surface area contributed by atoms with Crippen molar-refractivity contribution in [1.82, 2.24) is 4.98 Å². The predicted octanol–water partition coefficient (Wildman–Crippen LogP) is 3.91. The molecule has 2 heterocycles. The minimum Gasteiger partial charge on any atom is -0.379 e. The molecular weight excluding hydrogens is 294 g/mol. The van der Waals surface area contributed by atoms with E-state index in [0.29, 0.717) is 6.42 Å². The summed E-state index contributed by atoms with van der Waals surface area (Å²) in [7, 11) is 0. The first-order valence-corrected chi connectivity index (χ1v) is 8.77. The van der Waals surface area contributed by atoms with E-state index in [0.717, 1.165) is 41.7 Å². The third-order valence-corrected chi connectivity index (χ3v) is 5.11. The molecule has 4 rings (SSSR count). The second-order valence-corrected chi connectivity index (χ2v) is 7.01. The molecule has 0 atom stereocenters. The molecule has 0 spiro atoms. The van der Waals surface area contributed by atoms with Crippen molar-refractivity contribution in [1.29, 1.82) is 0 Å². The van der Waals surface area contributed by atoms with Crippen molar-refractivity contribution in [3.63, 3.8) is 0 Å². The Balaban J connectivity index is 1.44. The third kappa shape index (κ3) is 2.99. The number of carbonyl (C=O) groups is 1. The Morgan fingerprint density at radius 1 is 1.32 bits per heavy atom. The van der Waals surface area contributed by atoms with Gasteiger partial charge in [-0.1, -0.05) is 0 Å². The van der Waals surface area contributed by atoms with Crippen LogP contribution in [0.25, 0.3) is 0 Å². The highest BCUT2D eigenvalue weighted by molar-refractivity contribution is 7.09. The van der Waals surface area contributed by atoms with Crippen molar-refractivity contribution in [3.05, 3.63) is 39.8 Å². The van der Waals surface area contributed by atoms with Crippen LogP contribution in [-0.2, 0) is 17.8 Å². The maximum atomic E-state index is 11.6. The van der Waals surface area contributed by atoms with Crippen LogP contribution in [0.5, 0.6) is 0 Å². The summed E-state index contributed by atoms with van der Waals surface area (Å²) in [6.07, 6.45) is 5.08. The van der Waals surface area contributed by atoms with E-state index < -0.39 is 0 Å². The topological polar surface area (TPSA) is 54.0 Å². The number of thiazole rings is 1. The van der Waals surface area contributed by atoms with Gasteiger partial charge in [-0.15, -0.1) is 11.3 Å². The lowest BCUT2D eigenvalue weighted by Gasteiger charge is -2.10. The lowest BCUT2D eigenvalue weighted by Crippen LogP contribution is -2.09. The van der Waals surface area contributed by atoms with Gasteiger partial charge in [-0.25, -0.2) is 4.98 Å². The number of fused-ring (bicyclic) bond motifs is 1. The summed E-state index contributed by atoms with van der Waals surface area (Å²) < 4.78 is 0. The predicted molar refractivity (Wildman–Crippen MR) is 89.4 cm³/mol. The van der Waals surface area contributed by atoms with E-state index in [4.69, 9.17) is 4.98 Å². The summed E-state index contributed by atoms with van der Waals surface area (Å²) in [6.45, 7) is 0.766. The van der Waals surface area contributed by atoms with Crippen LogP contribution in [0.4, 0.5) is 11.4 Å². The first-order chi connectivity index (χ1) is 10.8. The highest BCUT2D eigenvalue weighted by Crippen LogP contribution is 2.40. The molecule has 2 aliphatic rings. The molecule has 1 aliphatic carbocycles. The molecule has 1 aliphatic heterocycles. The van der Waals surface area contributed by atoms with Gasteiger partial charge in [0.05, 0.1) is 12.2 Å². The number of hydrogen-bond donors (Lipinski definition) is 2. The maximum absolute atomic E-state index is 11.6. The Bertz CT molecular complexity index is 706. The maximum Gasteiger partial charge on any atom is 0.224 e. The Kier molecular flexibility index (Phi) is 3.58. The van der Waals surface area contributed by atoms with Crippen LogP contribution in [0.3, 0.4) is 0 Å². The summed E-state index contributed by atoms with van der Waals surface area (Å²) in [6, 6.07) is 6.18. The zero-order valence-electron chi connectivity index (χ0n) is 12.4. The van der Waals surface area contributed by atoms with Crippen LogP contribution in [0, 0.1) is 0 Å². The van der Waals surface area contributed by atoms with Crippen LogP contribution in [0.1, 0.15) is 47.9 Å². The SMILES string of the molecule is O=C1CCCc2cc(NCc3nc(C4CC4)cs3)ccc2N1. The fourth-order valence-corrected chi connectivity index (χ4v) is 3.65. The third-order valence-electron chi connectivity index (χ3n) is 4.24. The van der Waals surface area contributed by atoms with Gasteiger partial charge in [-0.2, -0.15) is 0 Å². The molecule has 1 fully saturated rings. The van der Waals surface area contributed by atoms with Crippen molar-refractivity contribution in [2.24, 2.45) is 0 Å². The number of aryl methyl sites for hydroxylation is 1. The molecule has 0 unspecified atom stereocenters. The fourth-order valence-electron chi connectivity index (χ4n) is 2.84. The molecule has 1 amide bonds. The number of nitrogens with zero attached hydrogens (tertiary/aromatic N) is 1. The van der Waals surface area contributed by atoms with Gasteiger partial charge in [-0.05, 0) is 49.4 Å². The molecule has 2 aromatic rings. The number of carbonyl (C=O) groups excluding carboxylic acids is 1. The second kappa shape index (κ2) is 5.72. The number of hydrogen-bond acceptors (Lipinski definition) is 4. The average molecular weight is 313 g/mol. The van der Waals surface area contributed by atoms with Crippen molar-refractivity contribution in [3.8, 4) is 0 Å².